The lowest BCUT2D eigenvalue weighted by Crippen LogP contribution is -2.30. The van der Waals surface area contributed by atoms with E-state index in [1.54, 1.807) is 0 Å². The number of ether oxygens (including phenoxy) is 2. The molecule has 0 fully saturated rings. The van der Waals surface area contributed by atoms with Crippen LogP contribution >= 0.6 is 0 Å². The molecule has 3 aromatic carbocycles. The molecule has 3 nitrogen and oxygen atoms in total. The summed E-state index contributed by atoms with van der Waals surface area (Å²) in [6, 6.07) is 28.2. The van der Waals surface area contributed by atoms with E-state index in [0.717, 1.165) is 5.56 Å². The number of benzene rings is 3. The molecular weight excluding hydrogens is 432 g/mol. The van der Waals surface area contributed by atoms with Crippen LogP contribution in [0, 0.1) is 10.8 Å². The minimum atomic E-state index is -0.211. The van der Waals surface area contributed by atoms with Gasteiger partial charge in [-0.25, -0.2) is 0 Å². The standard InChI is InChI=1S/C32H42O3/c1-30(2,21-33)22-35-24-31(3,4)23-34-20-25-12-14-26(15-13-25)27-16-18-29(19-17-27)32(5,6)28-10-8-7-9-11-28/h7-19,33H,20-24H2,1-6H3. The van der Waals surface area contributed by atoms with Crippen molar-refractivity contribution >= 4 is 0 Å². The normalized spacial score (nSPS) is 12.7. The second kappa shape index (κ2) is 11.5. The van der Waals surface area contributed by atoms with Crippen molar-refractivity contribution in [3.05, 3.63) is 95.6 Å². The van der Waals surface area contributed by atoms with Crippen LogP contribution in [0.4, 0.5) is 0 Å². The molecule has 0 saturated carbocycles. The van der Waals surface area contributed by atoms with Crippen LogP contribution in [0.2, 0.25) is 0 Å². The maximum atomic E-state index is 9.37. The molecule has 0 bridgehead atoms. The van der Waals surface area contributed by atoms with Crippen molar-refractivity contribution in [1.82, 2.24) is 0 Å². The van der Waals surface area contributed by atoms with E-state index in [-0.39, 0.29) is 22.9 Å². The first-order valence-electron chi connectivity index (χ1n) is 12.5. The first-order valence-corrected chi connectivity index (χ1v) is 12.5. The SMILES string of the molecule is CC(C)(CO)COCC(C)(C)COCc1ccc(-c2ccc(C(C)(C)c3ccccc3)cc2)cc1. The highest BCUT2D eigenvalue weighted by Crippen LogP contribution is 2.32. The molecule has 3 rings (SSSR count). The minimum Gasteiger partial charge on any atom is -0.396 e. The van der Waals surface area contributed by atoms with E-state index in [1.807, 2.05) is 13.8 Å². The maximum Gasteiger partial charge on any atom is 0.0717 e. The molecule has 0 aliphatic heterocycles. The predicted octanol–water partition coefficient (Wildman–Crippen LogP) is 7.26. The van der Waals surface area contributed by atoms with Crippen LogP contribution in [-0.4, -0.2) is 31.5 Å². The van der Waals surface area contributed by atoms with Crippen LogP contribution < -0.4 is 0 Å². The first kappa shape index (κ1) is 27.1. The molecule has 35 heavy (non-hydrogen) atoms. The molecule has 0 aromatic heterocycles. The Morgan fingerprint density at radius 3 is 1.63 bits per heavy atom. The van der Waals surface area contributed by atoms with Crippen LogP contribution in [0.15, 0.2) is 78.9 Å². The molecule has 0 atom stereocenters. The van der Waals surface area contributed by atoms with Crippen molar-refractivity contribution in [3.63, 3.8) is 0 Å². The van der Waals surface area contributed by atoms with Gasteiger partial charge in [0.2, 0.25) is 0 Å². The zero-order chi connectivity index (χ0) is 25.5. The molecule has 3 aromatic rings. The summed E-state index contributed by atoms with van der Waals surface area (Å²) in [5.74, 6) is 0. The third-order valence-electron chi connectivity index (χ3n) is 6.56. The van der Waals surface area contributed by atoms with Gasteiger partial charge in [0.15, 0.2) is 0 Å². The topological polar surface area (TPSA) is 38.7 Å². The minimum absolute atomic E-state index is 0.0329. The average Bonchev–Trinajstić information content (AvgIpc) is 2.85. The molecule has 0 heterocycles. The van der Waals surface area contributed by atoms with Crippen LogP contribution in [0.3, 0.4) is 0 Å². The largest absolute Gasteiger partial charge is 0.396 e. The highest BCUT2D eigenvalue weighted by atomic mass is 16.5. The highest BCUT2D eigenvalue weighted by molar-refractivity contribution is 5.64. The van der Waals surface area contributed by atoms with Crippen molar-refractivity contribution in [2.45, 2.75) is 53.6 Å². The summed E-state index contributed by atoms with van der Waals surface area (Å²) in [5, 5.41) is 9.37. The first-order chi connectivity index (χ1) is 16.5. The molecule has 0 aliphatic carbocycles. The van der Waals surface area contributed by atoms with Gasteiger partial charge in [0.05, 0.1) is 33.0 Å². The Morgan fingerprint density at radius 1 is 0.571 bits per heavy atom. The van der Waals surface area contributed by atoms with Gasteiger partial charge in [-0.05, 0) is 27.8 Å². The van der Waals surface area contributed by atoms with E-state index in [0.29, 0.717) is 26.4 Å². The molecule has 188 valence electrons. The van der Waals surface area contributed by atoms with Gasteiger partial charge in [-0.3, -0.25) is 0 Å². The zero-order valence-corrected chi connectivity index (χ0v) is 22.3. The second-order valence-electron chi connectivity index (χ2n) is 11.7. The summed E-state index contributed by atoms with van der Waals surface area (Å²) in [6.07, 6.45) is 0. The maximum absolute atomic E-state index is 9.37. The van der Waals surface area contributed by atoms with E-state index in [9.17, 15) is 5.11 Å². The number of rotatable bonds is 12. The van der Waals surface area contributed by atoms with Gasteiger partial charge in [-0.15, -0.1) is 0 Å². The van der Waals surface area contributed by atoms with Gasteiger partial charge in [0.1, 0.15) is 0 Å². The Morgan fingerprint density at radius 2 is 1.06 bits per heavy atom. The summed E-state index contributed by atoms with van der Waals surface area (Å²) in [4.78, 5) is 0. The Bertz CT molecular complexity index is 1030. The van der Waals surface area contributed by atoms with Crippen molar-refractivity contribution in [2.24, 2.45) is 10.8 Å². The fourth-order valence-electron chi connectivity index (χ4n) is 4.03. The lowest BCUT2D eigenvalue weighted by Gasteiger charge is -2.27. The molecule has 0 spiro atoms. The highest BCUT2D eigenvalue weighted by Gasteiger charge is 2.23. The Hall–Kier alpha value is -2.46. The molecule has 0 radical (unpaired) electrons. The Balaban J connectivity index is 1.53. The lowest BCUT2D eigenvalue weighted by atomic mass is 9.78. The van der Waals surface area contributed by atoms with E-state index in [4.69, 9.17) is 9.47 Å². The van der Waals surface area contributed by atoms with Crippen LogP contribution in [0.1, 0.15) is 58.2 Å². The summed E-state index contributed by atoms with van der Waals surface area (Å²) < 4.78 is 11.8. The molecule has 3 heteroatoms. The number of aliphatic hydroxyl groups is 1. The fourth-order valence-corrected chi connectivity index (χ4v) is 4.03. The Labute approximate surface area is 212 Å². The van der Waals surface area contributed by atoms with Crippen molar-refractivity contribution in [3.8, 4) is 11.1 Å². The van der Waals surface area contributed by atoms with Crippen molar-refractivity contribution in [2.75, 3.05) is 26.4 Å². The third-order valence-corrected chi connectivity index (χ3v) is 6.56. The van der Waals surface area contributed by atoms with Gasteiger partial charge < -0.3 is 14.6 Å². The molecular formula is C32H42O3. The van der Waals surface area contributed by atoms with Gasteiger partial charge in [-0.2, -0.15) is 0 Å². The van der Waals surface area contributed by atoms with Gasteiger partial charge in [0.25, 0.3) is 0 Å². The fraction of sp³-hybridized carbons (Fsp3) is 0.438. The average molecular weight is 475 g/mol. The van der Waals surface area contributed by atoms with Crippen LogP contribution in [0.5, 0.6) is 0 Å². The van der Waals surface area contributed by atoms with Crippen LogP contribution in [0.25, 0.3) is 11.1 Å². The third kappa shape index (κ3) is 7.76. The number of aliphatic hydroxyl groups excluding tert-OH is 1. The monoisotopic (exact) mass is 474 g/mol. The van der Waals surface area contributed by atoms with Crippen molar-refractivity contribution < 1.29 is 14.6 Å². The predicted molar refractivity (Wildman–Crippen MR) is 146 cm³/mol. The summed E-state index contributed by atoms with van der Waals surface area (Å²) in [7, 11) is 0. The quantitative estimate of drug-likeness (QED) is 0.300. The summed E-state index contributed by atoms with van der Waals surface area (Å²) in [5.41, 5.74) is 5.89. The van der Waals surface area contributed by atoms with Gasteiger partial charge in [0, 0.05) is 16.2 Å². The number of hydrogen-bond donors (Lipinski definition) is 1. The smallest absolute Gasteiger partial charge is 0.0717 e. The molecule has 1 N–H and O–H groups in total. The van der Waals surface area contributed by atoms with Crippen molar-refractivity contribution in [1.29, 1.82) is 0 Å². The number of hydrogen-bond acceptors (Lipinski definition) is 3. The molecule has 0 aliphatic rings. The lowest BCUT2D eigenvalue weighted by molar-refractivity contribution is -0.0384. The second-order valence-corrected chi connectivity index (χ2v) is 11.7. The van der Waals surface area contributed by atoms with E-state index < -0.39 is 0 Å². The summed E-state index contributed by atoms with van der Waals surface area (Å²) in [6.45, 7) is 15.3. The van der Waals surface area contributed by atoms with E-state index in [1.165, 1.54) is 22.3 Å². The molecule has 0 saturated heterocycles. The van der Waals surface area contributed by atoms with Crippen LogP contribution in [-0.2, 0) is 21.5 Å². The van der Waals surface area contributed by atoms with Gasteiger partial charge >= 0.3 is 0 Å². The Kier molecular flexibility index (Phi) is 8.93. The summed E-state index contributed by atoms with van der Waals surface area (Å²) >= 11 is 0. The molecule has 0 unspecified atom stereocenters. The van der Waals surface area contributed by atoms with E-state index in [2.05, 4.69) is 107 Å². The molecule has 0 amide bonds. The van der Waals surface area contributed by atoms with E-state index >= 15 is 0 Å². The van der Waals surface area contributed by atoms with Gasteiger partial charge in [-0.1, -0.05) is 120 Å². The zero-order valence-electron chi connectivity index (χ0n) is 22.3.